The fourth-order valence-corrected chi connectivity index (χ4v) is 2.05. The number of carbonyl (C=O) groups excluding carboxylic acids is 2. The Bertz CT molecular complexity index is 724. The Balaban J connectivity index is 2.15. The summed E-state index contributed by atoms with van der Waals surface area (Å²) in [5, 5.41) is 3.97. The van der Waals surface area contributed by atoms with E-state index in [9.17, 15) is 9.59 Å². The second kappa shape index (κ2) is 6.24. The summed E-state index contributed by atoms with van der Waals surface area (Å²) in [4.78, 5) is 23.7. The molecule has 0 N–H and O–H groups in total. The molecule has 0 atom stereocenters. The van der Waals surface area contributed by atoms with Gasteiger partial charge in [0.15, 0.2) is 0 Å². The maximum absolute atomic E-state index is 12.1. The van der Waals surface area contributed by atoms with Crippen molar-refractivity contribution >= 4 is 11.9 Å². The van der Waals surface area contributed by atoms with Gasteiger partial charge in [-0.05, 0) is 23.1 Å². The van der Waals surface area contributed by atoms with Crippen molar-refractivity contribution in [3.05, 3.63) is 47.2 Å². The fourth-order valence-electron chi connectivity index (χ4n) is 2.05. The van der Waals surface area contributed by atoms with Gasteiger partial charge in [0.25, 0.3) is 0 Å². The van der Waals surface area contributed by atoms with Crippen LogP contribution in [-0.4, -0.2) is 28.8 Å². The van der Waals surface area contributed by atoms with Crippen molar-refractivity contribution in [2.75, 3.05) is 7.11 Å². The van der Waals surface area contributed by atoms with Crippen LogP contribution >= 0.6 is 0 Å². The first-order valence-electron chi connectivity index (χ1n) is 7.17. The van der Waals surface area contributed by atoms with Crippen LogP contribution in [0.3, 0.4) is 0 Å². The van der Waals surface area contributed by atoms with Crippen LogP contribution in [0.4, 0.5) is 0 Å². The minimum absolute atomic E-state index is 0.0127. The molecule has 0 radical (unpaired) electrons. The van der Waals surface area contributed by atoms with E-state index in [0.717, 1.165) is 5.56 Å². The van der Waals surface area contributed by atoms with Crippen molar-refractivity contribution in [1.82, 2.24) is 9.78 Å². The highest BCUT2D eigenvalue weighted by atomic mass is 16.5. The number of carbonyl (C=O) groups is 2. The van der Waals surface area contributed by atoms with E-state index in [4.69, 9.17) is 4.74 Å². The molecule has 0 fully saturated rings. The van der Waals surface area contributed by atoms with Crippen LogP contribution < -0.4 is 4.74 Å². The minimum atomic E-state index is -0.545. The summed E-state index contributed by atoms with van der Waals surface area (Å²) < 4.78 is 11.1. The number of aryl methyl sites for hydroxylation is 1. The molecule has 0 aliphatic heterocycles. The molecule has 122 valence electrons. The van der Waals surface area contributed by atoms with Gasteiger partial charge in [0.05, 0.1) is 12.7 Å². The van der Waals surface area contributed by atoms with E-state index in [1.165, 1.54) is 17.9 Å². The van der Waals surface area contributed by atoms with Crippen molar-refractivity contribution in [1.29, 1.82) is 0 Å². The summed E-state index contributed by atoms with van der Waals surface area (Å²) in [6.45, 7) is 6.30. The first-order chi connectivity index (χ1) is 10.7. The van der Waals surface area contributed by atoms with Crippen molar-refractivity contribution in [3.8, 4) is 5.88 Å². The highest BCUT2D eigenvalue weighted by Gasteiger charge is 2.18. The average molecular weight is 316 g/mol. The third kappa shape index (κ3) is 3.77. The van der Waals surface area contributed by atoms with E-state index < -0.39 is 11.9 Å². The molecule has 0 bridgehead atoms. The summed E-state index contributed by atoms with van der Waals surface area (Å²) >= 11 is 0. The van der Waals surface area contributed by atoms with E-state index in [0.29, 0.717) is 5.56 Å². The third-order valence-corrected chi connectivity index (χ3v) is 3.44. The Labute approximate surface area is 135 Å². The first kappa shape index (κ1) is 16.7. The lowest BCUT2D eigenvalue weighted by Crippen LogP contribution is -2.13. The van der Waals surface area contributed by atoms with Gasteiger partial charge in [0, 0.05) is 13.1 Å². The van der Waals surface area contributed by atoms with Crippen molar-refractivity contribution < 1.29 is 19.1 Å². The van der Waals surface area contributed by atoms with Gasteiger partial charge < -0.3 is 9.47 Å². The zero-order chi connectivity index (χ0) is 17.2. The molecule has 0 aliphatic rings. The second-order valence-corrected chi connectivity index (χ2v) is 6.20. The number of ether oxygens (including phenoxy) is 2. The van der Waals surface area contributed by atoms with Crippen molar-refractivity contribution in [3.63, 3.8) is 0 Å². The lowest BCUT2D eigenvalue weighted by molar-refractivity contribution is 0.0587. The van der Waals surface area contributed by atoms with E-state index in [2.05, 4.69) is 30.6 Å². The van der Waals surface area contributed by atoms with Crippen molar-refractivity contribution in [2.24, 2.45) is 7.05 Å². The van der Waals surface area contributed by atoms with Gasteiger partial charge in [-0.15, -0.1) is 5.10 Å². The summed E-state index contributed by atoms with van der Waals surface area (Å²) in [7, 11) is 2.85. The molecule has 0 aliphatic carbocycles. The Morgan fingerprint density at radius 1 is 1.09 bits per heavy atom. The van der Waals surface area contributed by atoms with E-state index in [-0.39, 0.29) is 17.0 Å². The lowest BCUT2D eigenvalue weighted by atomic mass is 9.87. The molecule has 1 heterocycles. The number of nitrogens with zero attached hydrogens (tertiary/aromatic N) is 2. The number of esters is 2. The summed E-state index contributed by atoms with van der Waals surface area (Å²) in [5.74, 6) is -1.02. The van der Waals surface area contributed by atoms with Gasteiger partial charge in [-0.1, -0.05) is 32.9 Å². The van der Waals surface area contributed by atoms with Crippen LogP contribution in [0.25, 0.3) is 0 Å². The average Bonchev–Trinajstić information content (AvgIpc) is 2.86. The normalized spacial score (nSPS) is 11.2. The summed E-state index contributed by atoms with van der Waals surface area (Å²) in [6.07, 6.45) is 0. The van der Waals surface area contributed by atoms with Crippen molar-refractivity contribution in [2.45, 2.75) is 26.2 Å². The van der Waals surface area contributed by atoms with Crippen LogP contribution in [0.15, 0.2) is 30.3 Å². The van der Waals surface area contributed by atoms with Gasteiger partial charge in [-0.2, -0.15) is 0 Å². The molecule has 2 aromatic rings. The topological polar surface area (TPSA) is 70.4 Å². The number of benzene rings is 1. The molecular formula is C17H20N2O4. The molecule has 0 amide bonds. The van der Waals surface area contributed by atoms with Gasteiger partial charge >= 0.3 is 11.9 Å². The molecule has 0 unspecified atom stereocenters. The van der Waals surface area contributed by atoms with E-state index in [1.54, 1.807) is 19.2 Å². The number of hydrogen-bond acceptors (Lipinski definition) is 5. The quantitative estimate of drug-likeness (QED) is 0.814. The predicted octanol–water partition coefficient (Wildman–Crippen LogP) is 2.72. The van der Waals surface area contributed by atoms with Crippen LogP contribution in [0.5, 0.6) is 5.88 Å². The van der Waals surface area contributed by atoms with E-state index >= 15 is 0 Å². The third-order valence-electron chi connectivity index (χ3n) is 3.44. The molecule has 0 spiro atoms. The monoisotopic (exact) mass is 316 g/mol. The van der Waals surface area contributed by atoms with Gasteiger partial charge in [-0.3, -0.25) is 4.68 Å². The highest BCUT2D eigenvalue weighted by molar-refractivity contribution is 5.91. The smallest absolute Gasteiger partial charge is 0.356 e. The maximum atomic E-state index is 12.1. The van der Waals surface area contributed by atoms with Gasteiger partial charge in [0.2, 0.25) is 5.88 Å². The molecule has 23 heavy (non-hydrogen) atoms. The zero-order valence-electron chi connectivity index (χ0n) is 13.9. The lowest BCUT2D eigenvalue weighted by Gasteiger charge is -2.18. The Hall–Kier alpha value is -2.63. The number of hydrogen-bond donors (Lipinski definition) is 0. The summed E-state index contributed by atoms with van der Waals surface area (Å²) in [6, 6.07) is 8.59. The molecular weight excluding hydrogens is 296 g/mol. The molecule has 0 saturated carbocycles. The van der Waals surface area contributed by atoms with Crippen LogP contribution in [0.2, 0.25) is 0 Å². The predicted molar refractivity (Wildman–Crippen MR) is 84.6 cm³/mol. The fraction of sp³-hybridized carbons (Fsp3) is 0.353. The van der Waals surface area contributed by atoms with E-state index in [1.807, 2.05) is 12.1 Å². The molecule has 1 aromatic heterocycles. The standard InChI is InChI=1S/C17H20N2O4/c1-17(2,3)12-8-6-11(7-9-12)15(20)23-14-10-13(16(21)22-5)19(4)18-14/h6-10H,1-5H3. The Kier molecular flexibility index (Phi) is 4.54. The zero-order valence-corrected chi connectivity index (χ0v) is 13.9. The first-order valence-corrected chi connectivity index (χ1v) is 7.17. The largest absolute Gasteiger partial charge is 0.464 e. The van der Waals surface area contributed by atoms with Gasteiger partial charge in [-0.25, -0.2) is 9.59 Å². The highest BCUT2D eigenvalue weighted by Crippen LogP contribution is 2.22. The maximum Gasteiger partial charge on any atom is 0.356 e. The van der Waals surface area contributed by atoms with Crippen LogP contribution in [0, 0.1) is 0 Å². The van der Waals surface area contributed by atoms with Crippen LogP contribution in [0.1, 0.15) is 47.2 Å². The van der Waals surface area contributed by atoms with Gasteiger partial charge in [0.1, 0.15) is 5.69 Å². The van der Waals surface area contributed by atoms with Crippen LogP contribution in [-0.2, 0) is 17.2 Å². The second-order valence-electron chi connectivity index (χ2n) is 6.20. The SMILES string of the molecule is COC(=O)c1cc(OC(=O)c2ccc(C(C)(C)C)cc2)nn1C. The number of aromatic nitrogens is 2. The molecule has 2 rings (SSSR count). The molecule has 1 aromatic carbocycles. The summed E-state index contributed by atoms with van der Waals surface area (Å²) in [5.41, 5.74) is 1.76. The number of rotatable bonds is 3. The Morgan fingerprint density at radius 2 is 1.70 bits per heavy atom. The molecule has 0 saturated heterocycles. The molecule has 6 nitrogen and oxygen atoms in total. The molecule has 6 heteroatoms. The number of methoxy groups -OCH3 is 1. The minimum Gasteiger partial charge on any atom is -0.464 e. The Morgan fingerprint density at radius 3 is 2.22 bits per heavy atom.